The maximum absolute atomic E-state index is 13.1. The summed E-state index contributed by atoms with van der Waals surface area (Å²) < 4.78 is 11.0. The van der Waals surface area contributed by atoms with E-state index in [0.717, 1.165) is 4.90 Å². The third-order valence-electron chi connectivity index (χ3n) is 4.11. The molecular formula is C20H17BrN2O6. The van der Waals surface area contributed by atoms with Gasteiger partial charge in [0.25, 0.3) is 11.8 Å². The predicted octanol–water partition coefficient (Wildman–Crippen LogP) is 3.23. The Morgan fingerprint density at radius 1 is 1.17 bits per heavy atom. The molecule has 2 aromatic carbocycles. The van der Waals surface area contributed by atoms with Crippen LogP contribution in [0, 0.1) is 0 Å². The Hall–Kier alpha value is -3.33. The molecule has 1 saturated heterocycles. The summed E-state index contributed by atoms with van der Waals surface area (Å²) in [5.41, 5.74) is 0.368. The average Bonchev–Trinajstić information content (AvgIpc) is 2.68. The van der Waals surface area contributed by atoms with E-state index in [1.807, 2.05) is 0 Å². The number of carbonyl (C=O) groups excluding carboxylic acids is 3. The summed E-state index contributed by atoms with van der Waals surface area (Å²) in [6.07, 6.45) is 1.31. The lowest BCUT2D eigenvalue weighted by atomic mass is 10.1. The highest BCUT2D eigenvalue weighted by Crippen LogP contribution is 2.35. The SMILES string of the molecule is CCOc1ccccc1N1C(=O)NC(=O)/C(=C\c2cc(OC)c(O)cc2Br)C1=O. The van der Waals surface area contributed by atoms with E-state index in [2.05, 4.69) is 21.2 Å². The minimum Gasteiger partial charge on any atom is -0.504 e. The van der Waals surface area contributed by atoms with Gasteiger partial charge in [-0.2, -0.15) is 0 Å². The molecule has 0 bridgehead atoms. The van der Waals surface area contributed by atoms with Gasteiger partial charge in [-0.25, -0.2) is 9.69 Å². The molecule has 2 aromatic rings. The number of imide groups is 2. The molecule has 0 aliphatic carbocycles. The third-order valence-corrected chi connectivity index (χ3v) is 4.79. The number of para-hydroxylation sites is 2. The highest BCUT2D eigenvalue weighted by molar-refractivity contribution is 9.10. The highest BCUT2D eigenvalue weighted by Gasteiger charge is 2.38. The molecular weight excluding hydrogens is 444 g/mol. The molecule has 2 N–H and O–H groups in total. The zero-order chi connectivity index (χ0) is 21.1. The first-order valence-electron chi connectivity index (χ1n) is 8.57. The average molecular weight is 461 g/mol. The third kappa shape index (κ3) is 3.95. The zero-order valence-corrected chi connectivity index (χ0v) is 17.1. The van der Waals surface area contributed by atoms with Crippen LogP contribution in [-0.2, 0) is 9.59 Å². The first-order chi connectivity index (χ1) is 13.9. The van der Waals surface area contributed by atoms with Crippen molar-refractivity contribution in [1.29, 1.82) is 0 Å². The molecule has 1 fully saturated rings. The number of aromatic hydroxyl groups is 1. The molecule has 0 radical (unpaired) electrons. The molecule has 0 unspecified atom stereocenters. The Kier molecular flexibility index (Phi) is 5.88. The summed E-state index contributed by atoms with van der Waals surface area (Å²) in [5, 5.41) is 12.0. The van der Waals surface area contributed by atoms with Crippen molar-refractivity contribution in [2.75, 3.05) is 18.6 Å². The van der Waals surface area contributed by atoms with Gasteiger partial charge in [-0.1, -0.05) is 28.1 Å². The first-order valence-corrected chi connectivity index (χ1v) is 9.36. The Morgan fingerprint density at radius 3 is 2.59 bits per heavy atom. The van der Waals surface area contributed by atoms with Crippen LogP contribution in [0.5, 0.6) is 17.2 Å². The summed E-state index contributed by atoms with van der Waals surface area (Å²) in [6.45, 7) is 2.11. The minimum atomic E-state index is -0.869. The molecule has 0 atom stereocenters. The number of hydrogen-bond donors (Lipinski definition) is 2. The van der Waals surface area contributed by atoms with E-state index in [4.69, 9.17) is 9.47 Å². The Balaban J connectivity index is 2.08. The molecule has 4 amide bonds. The molecule has 0 saturated carbocycles. The van der Waals surface area contributed by atoms with Gasteiger partial charge in [0.15, 0.2) is 11.5 Å². The van der Waals surface area contributed by atoms with Crippen LogP contribution in [0.25, 0.3) is 6.08 Å². The second kappa shape index (κ2) is 8.36. The van der Waals surface area contributed by atoms with E-state index in [1.165, 1.54) is 25.3 Å². The van der Waals surface area contributed by atoms with Gasteiger partial charge in [0.2, 0.25) is 0 Å². The Bertz CT molecular complexity index is 1030. The predicted molar refractivity (Wildman–Crippen MR) is 109 cm³/mol. The first kappa shape index (κ1) is 20.4. The largest absolute Gasteiger partial charge is 0.504 e. The van der Waals surface area contributed by atoms with E-state index in [1.54, 1.807) is 31.2 Å². The minimum absolute atomic E-state index is 0.108. The van der Waals surface area contributed by atoms with Gasteiger partial charge in [-0.05, 0) is 42.8 Å². The topological polar surface area (TPSA) is 105 Å². The van der Waals surface area contributed by atoms with Crippen LogP contribution in [-0.4, -0.2) is 36.7 Å². The fourth-order valence-electron chi connectivity index (χ4n) is 2.78. The number of phenolic OH excluding ortho intramolecular Hbond substituents is 1. The molecule has 0 spiro atoms. The number of barbiturate groups is 1. The van der Waals surface area contributed by atoms with Gasteiger partial charge in [-0.3, -0.25) is 14.9 Å². The number of urea groups is 1. The fourth-order valence-corrected chi connectivity index (χ4v) is 3.23. The van der Waals surface area contributed by atoms with Gasteiger partial charge in [0, 0.05) is 4.47 Å². The van der Waals surface area contributed by atoms with Gasteiger partial charge in [0.1, 0.15) is 11.3 Å². The van der Waals surface area contributed by atoms with Crippen molar-refractivity contribution in [3.63, 3.8) is 0 Å². The summed E-state index contributed by atoms with van der Waals surface area (Å²) >= 11 is 3.28. The summed E-state index contributed by atoms with van der Waals surface area (Å²) in [6, 6.07) is 8.51. The fraction of sp³-hybridized carbons (Fsp3) is 0.150. The summed E-state index contributed by atoms with van der Waals surface area (Å²) in [7, 11) is 1.38. The molecule has 1 aliphatic heterocycles. The Labute approximate surface area is 174 Å². The molecule has 150 valence electrons. The maximum Gasteiger partial charge on any atom is 0.336 e. The second-order valence-corrected chi connectivity index (χ2v) is 6.76. The van der Waals surface area contributed by atoms with Crippen molar-refractivity contribution >= 4 is 45.5 Å². The molecule has 0 aromatic heterocycles. The summed E-state index contributed by atoms with van der Waals surface area (Å²) in [5.74, 6) is -1.24. The quantitative estimate of drug-likeness (QED) is 0.524. The molecule has 9 heteroatoms. The number of amides is 4. The number of anilines is 1. The van der Waals surface area contributed by atoms with E-state index in [-0.39, 0.29) is 22.8 Å². The van der Waals surface area contributed by atoms with Gasteiger partial charge < -0.3 is 14.6 Å². The number of methoxy groups -OCH3 is 1. The van der Waals surface area contributed by atoms with E-state index >= 15 is 0 Å². The second-order valence-electron chi connectivity index (χ2n) is 5.90. The van der Waals surface area contributed by atoms with Crippen LogP contribution in [0.2, 0.25) is 0 Å². The number of nitrogens with one attached hydrogen (secondary N) is 1. The monoisotopic (exact) mass is 460 g/mol. The van der Waals surface area contributed by atoms with Crippen LogP contribution in [0.1, 0.15) is 12.5 Å². The van der Waals surface area contributed by atoms with Crippen molar-refractivity contribution < 1.29 is 29.0 Å². The smallest absolute Gasteiger partial charge is 0.336 e. The van der Waals surface area contributed by atoms with E-state index < -0.39 is 17.8 Å². The van der Waals surface area contributed by atoms with Crippen LogP contribution in [0.3, 0.4) is 0 Å². The number of ether oxygens (including phenoxy) is 2. The lowest BCUT2D eigenvalue weighted by Crippen LogP contribution is -2.54. The van der Waals surface area contributed by atoms with Crippen LogP contribution >= 0.6 is 15.9 Å². The Morgan fingerprint density at radius 2 is 1.90 bits per heavy atom. The molecule has 3 rings (SSSR count). The maximum atomic E-state index is 13.1. The number of benzene rings is 2. The number of phenols is 1. The number of rotatable bonds is 5. The standard InChI is InChI=1S/C20H17BrN2O6/c1-3-29-16-7-5-4-6-14(16)23-19(26)12(18(25)22-20(23)27)8-11-9-17(28-2)15(24)10-13(11)21/h4-10,24H,3H2,1-2H3,(H,22,25,27)/b12-8+. The number of nitrogens with zero attached hydrogens (tertiary/aromatic N) is 1. The van der Waals surface area contributed by atoms with Gasteiger partial charge in [-0.15, -0.1) is 0 Å². The number of carbonyl (C=O) groups is 3. The normalized spacial score (nSPS) is 15.5. The van der Waals surface area contributed by atoms with E-state index in [0.29, 0.717) is 22.4 Å². The van der Waals surface area contributed by atoms with Gasteiger partial charge in [0.05, 0.1) is 19.4 Å². The van der Waals surface area contributed by atoms with Crippen LogP contribution < -0.4 is 19.7 Å². The van der Waals surface area contributed by atoms with Crippen molar-refractivity contribution in [3.8, 4) is 17.2 Å². The van der Waals surface area contributed by atoms with Crippen LogP contribution in [0.15, 0.2) is 46.4 Å². The number of hydrogen-bond acceptors (Lipinski definition) is 6. The molecule has 8 nitrogen and oxygen atoms in total. The van der Waals surface area contributed by atoms with Crippen LogP contribution in [0.4, 0.5) is 10.5 Å². The number of halogens is 1. The zero-order valence-electron chi connectivity index (χ0n) is 15.6. The molecule has 1 heterocycles. The van der Waals surface area contributed by atoms with E-state index in [9.17, 15) is 19.5 Å². The van der Waals surface area contributed by atoms with Gasteiger partial charge >= 0.3 is 6.03 Å². The van der Waals surface area contributed by atoms with Crippen molar-refractivity contribution in [1.82, 2.24) is 5.32 Å². The lowest BCUT2D eigenvalue weighted by molar-refractivity contribution is -0.122. The molecule has 1 aliphatic rings. The van der Waals surface area contributed by atoms with Crippen molar-refractivity contribution in [3.05, 3.63) is 52.0 Å². The summed E-state index contributed by atoms with van der Waals surface area (Å²) in [4.78, 5) is 38.7. The lowest BCUT2D eigenvalue weighted by Gasteiger charge is -2.27. The van der Waals surface area contributed by atoms with Crippen molar-refractivity contribution in [2.45, 2.75) is 6.92 Å². The molecule has 29 heavy (non-hydrogen) atoms. The van der Waals surface area contributed by atoms with Crippen molar-refractivity contribution in [2.24, 2.45) is 0 Å². The highest BCUT2D eigenvalue weighted by atomic mass is 79.9.